The molecule has 4 aromatic rings. The van der Waals surface area contributed by atoms with Crippen molar-refractivity contribution in [1.29, 1.82) is 0 Å². The Morgan fingerprint density at radius 2 is 1.00 bits per heavy atom. The third kappa shape index (κ3) is 4.33. The Morgan fingerprint density at radius 1 is 0.625 bits per heavy atom. The van der Waals surface area contributed by atoms with Crippen molar-refractivity contribution >= 4 is 44.6 Å². The summed E-state index contributed by atoms with van der Waals surface area (Å²) in [6, 6.07) is 34.8. The van der Waals surface area contributed by atoms with Gasteiger partial charge in [0.05, 0.1) is 0 Å². The molecule has 0 amide bonds. The standard InChI is InChI=1S/C7H6NO4S.3C6H5.Sn/c1-13(11,12)7-4-2-6(3-5-7)8(9)10;3*1-2-4-6-5-3-1;/h2-5H,1H2;3*1-5H;. The van der Waals surface area contributed by atoms with Crippen molar-refractivity contribution in [2.24, 2.45) is 0 Å². The number of benzene rings is 4. The molecule has 4 rings (SSSR count). The van der Waals surface area contributed by atoms with Gasteiger partial charge >= 0.3 is 192 Å². The van der Waals surface area contributed by atoms with Gasteiger partial charge in [0.1, 0.15) is 0 Å². The van der Waals surface area contributed by atoms with Gasteiger partial charge in [0.2, 0.25) is 0 Å². The van der Waals surface area contributed by atoms with E-state index in [-0.39, 0.29) is 14.4 Å². The minimum atomic E-state index is -4.04. The summed E-state index contributed by atoms with van der Waals surface area (Å²) >= 11 is -4.04. The van der Waals surface area contributed by atoms with Crippen molar-refractivity contribution in [3.05, 3.63) is 125 Å². The molecule has 0 fully saturated rings. The van der Waals surface area contributed by atoms with Crippen molar-refractivity contribution in [1.82, 2.24) is 0 Å². The average Bonchev–Trinajstić information content (AvgIpc) is 2.84. The Hall–Kier alpha value is -2.97. The van der Waals surface area contributed by atoms with Gasteiger partial charge in [-0.3, -0.25) is 0 Å². The predicted molar refractivity (Wildman–Crippen MR) is 129 cm³/mol. The van der Waals surface area contributed by atoms with Crippen LogP contribution in [0.4, 0.5) is 5.69 Å². The summed E-state index contributed by atoms with van der Waals surface area (Å²) in [5.74, 6) is 0. The fourth-order valence-electron chi connectivity index (χ4n) is 4.06. The number of non-ortho nitro benzene ring substituents is 1. The summed E-state index contributed by atoms with van der Waals surface area (Å²) in [6.45, 7) is 0. The van der Waals surface area contributed by atoms with E-state index in [9.17, 15) is 18.5 Å². The Kier molecular flexibility index (Phi) is 6.43. The molecule has 0 aliphatic rings. The zero-order chi connectivity index (χ0) is 22.6. The molecule has 0 aliphatic heterocycles. The van der Waals surface area contributed by atoms with Crippen LogP contribution in [0.3, 0.4) is 0 Å². The number of rotatable bonds is 7. The molecule has 32 heavy (non-hydrogen) atoms. The molecule has 0 aliphatic carbocycles. The van der Waals surface area contributed by atoms with Gasteiger partial charge in [-0.1, -0.05) is 0 Å². The zero-order valence-electron chi connectivity index (χ0n) is 17.2. The molecular weight excluding hydrogens is 529 g/mol. The molecule has 0 atom stereocenters. The second kappa shape index (κ2) is 9.26. The van der Waals surface area contributed by atoms with Gasteiger partial charge in [-0.05, 0) is 0 Å². The fraction of sp³-hybridized carbons (Fsp3) is 0.0400. The van der Waals surface area contributed by atoms with Crippen LogP contribution in [0.1, 0.15) is 0 Å². The number of hydrogen-bond acceptors (Lipinski definition) is 4. The van der Waals surface area contributed by atoms with Gasteiger partial charge in [-0.2, -0.15) is 0 Å². The summed E-state index contributed by atoms with van der Waals surface area (Å²) in [6.07, 6.45) is 0. The predicted octanol–water partition coefficient (Wildman–Crippen LogP) is 3.08. The normalized spacial score (nSPS) is 11.8. The van der Waals surface area contributed by atoms with Crippen LogP contribution in [0.5, 0.6) is 0 Å². The molecule has 0 saturated carbocycles. The van der Waals surface area contributed by atoms with Gasteiger partial charge in [-0.25, -0.2) is 0 Å². The third-order valence-corrected chi connectivity index (χ3v) is 25.7. The van der Waals surface area contributed by atoms with Crippen molar-refractivity contribution in [2.45, 2.75) is 4.90 Å². The first-order valence-electron chi connectivity index (χ1n) is 10.1. The van der Waals surface area contributed by atoms with E-state index >= 15 is 0 Å². The summed E-state index contributed by atoms with van der Waals surface area (Å²) in [7, 11) is -3.73. The van der Waals surface area contributed by atoms with Crippen molar-refractivity contribution < 1.29 is 13.3 Å². The van der Waals surface area contributed by atoms with E-state index in [1.54, 1.807) is 0 Å². The molecule has 0 spiro atoms. The van der Waals surface area contributed by atoms with Crippen LogP contribution >= 0.6 is 0 Å². The van der Waals surface area contributed by atoms with Gasteiger partial charge in [-0.15, -0.1) is 0 Å². The second-order valence-electron chi connectivity index (χ2n) is 7.51. The zero-order valence-corrected chi connectivity index (χ0v) is 20.8. The van der Waals surface area contributed by atoms with Gasteiger partial charge in [0.15, 0.2) is 0 Å². The van der Waals surface area contributed by atoms with Crippen molar-refractivity contribution in [2.75, 3.05) is 3.77 Å². The van der Waals surface area contributed by atoms with E-state index in [2.05, 4.69) is 0 Å². The molecule has 0 unspecified atom stereocenters. The molecule has 0 radical (unpaired) electrons. The van der Waals surface area contributed by atoms with Gasteiger partial charge in [0, 0.05) is 0 Å². The van der Waals surface area contributed by atoms with E-state index < -0.39 is 33.1 Å². The van der Waals surface area contributed by atoms with Crippen molar-refractivity contribution in [3.8, 4) is 0 Å². The van der Waals surface area contributed by atoms with E-state index in [0.717, 1.165) is 10.7 Å². The molecule has 0 bridgehead atoms. The molecule has 0 saturated heterocycles. The molecule has 0 heterocycles. The number of nitro groups is 1. The topological polar surface area (TPSA) is 77.3 Å². The second-order valence-corrected chi connectivity index (χ2v) is 22.1. The monoisotopic (exact) mass is 551 g/mol. The van der Waals surface area contributed by atoms with Crippen LogP contribution in [-0.2, 0) is 9.84 Å². The first kappa shape index (κ1) is 22.2. The summed E-state index contributed by atoms with van der Waals surface area (Å²) < 4.78 is 30.6. The van der Waals surface area contributed by atoms with Crippen LogP contribution in [-0.4, -0.2) is 35.5 Å². The van der Waals surface area contributed by atoms with Gasteiger partial charge < -0.3 is 0 Å². The van der Waals surface area contributed by atoms with Crippen LogP contribution in [0, 0.1) is 10.1 Å². The number of nitro benzene ring substituents is 1. The third-order valence-electron chi connectivity index (χ3n) is 5.61. The quantitative estimate of drug-likeness (QED) is 0.202. The number of sulfone groups is 1. The summed E-state index contributed by atoms with van der Waals surface area (Å²) in [5, 5.41) is 11.0. The maximum absolute atomic E-state index is 13.7. The summed E-state index contributed by atoms with van der Waals surface area (Å²) in [5.41, 5.74) is -0.132. The first-order valence-corrected chi connectivity index (χ1v) is 18.0. The summed E-state index contributed by atoms with van der Waals surface area (Å²) in [4.78, 5) is 10.6. The maximum atomic E-state index is 13.7. The fourth-order valence-corrected chi connectivity index (χ4v) is 25.8. The van der Waals surface area contributed by atoms with E-state index in [4.69, 9.17) is 0 Å². The van der Waals surface area contributed by atoms with Crippen LogP contribution in [0.25, 0.3) is 0 Å². The van der Waals surface area contributed by atoms with E-state index in [1.807, 2.05) is 91.0 Å². The average molecular weight is 550 g/mol. The number of nitrogens with zero attached hydrogens (tertiary/aromatic N) is 1. The minimum absolute atomic E-state index is 0.0163. The molecule has 0 N–H and O–H groups in total. The Morgan fingerprint density at radius 3 is 1.34 bits per heavy atom. The SMILES string of the molecule is O=[N+]([O-])c1ccc(S(=O)(=O)[CH2][Sn]([c]2ccccc2)([c]2ccccc2)[c]2ccccc2)cc1. The Balaban J connectivity index is 1.94. The van der Waals surface area contributed by atoms with Crippen LogP contribution < -0.4 is 10.7 Å². The van der Waals surface area contributed by atoms with Crippen molar-refractivity contribution in [3.63, 3.8) is 0 Å². The molecule has 5 nitrogen and oxygen atoms in total. The Bertz CT molecular complexity index is 1210. The van der Waals surface area contributed by atoms with Crippen LogP contribution in [0.15, 0.2) is 120 Å². The van der Waals surface area contributed by atoms with E-state index in [1.165, 1.54) is 24.3 Å². The first-order chi connectivity index (χ1) is 15.4. The van der Waals surface area contributed by atoms with E-state index in [0.29, 0.717) is 0 Å². The van der Waals surface area contributed by atoms with Gasteiger partial charge in [0.25, 0.3) is 0 Å². The Labute approximate surface area is 191 Å². The molecule has 0 aromatic heterocycles. The molecule has 160 valence electrons. The molecule has 4 aromatic carbocycles. The molecule has 7 heteroatoms. The molecular formula is C25H21NO4SSn. The van der Waals surface area contributed by atoms with Crippen LogP contribution in [0.2, 0.25) is 0 Å². The number of hydrogen-bond donors (Lipinski definition) is 0.